The van der Waals surface area contributed by atoms with Crippen molar-refractivity contribution in [1.29, 1.82) is 0 Å². The van der Waals surface area contributed by atoms with Crippen molar-refractivity contribution in [2.75, 3.05) is 72.0 Å². The van der Waals surface area contributed by atoms with Crippen molar-refractivity contribution in [2.45, 2.75) is 104 Å². The number of benzene rings is 8. The second-order valence-electron chi connectivity index (χ2n) is 38.1. The molecule has 3 saturated carbocycles. The van der Waals surface area contributed by atoms with Gasteiger partial charge >= 0.3 is 0 Å². The van der Waals surface area contributed by atoms with Crippen molar-refractivity contribution < 1.29 is 22.0 Å². The van der Waals surface area contributed by atoms with Crippen molar-refractivity contribution >= 4 is 101 Å². The number of aryl methyl sites for hydroxylation is 4. The normalized spacial score (nSPS) is 18.3. The molecular formula is C107H98ClF5N24O4. The van der Waals surface area contributed by atoms with Crippen LogP contribution in [0.15, 0.2) is 196 Å². The molecule has 23 rings (SSSR count). The van der Waals surface area contributed by atoms with E-state index in [4.69, 9.17) is 52.8 Å². The van der Waals surface area contributed by atoms with Crippen LogP contribution in [0.4, 0.5) is 68.0 Å². The number of fused-ring (bicyclic) bond motifs is 7. The summed E-state index contributed by atoms with van der Waals surface area (Å²) in [4.78, 5) is 95.3. The van der Waals surface area contributed by atoms with Gasteiger partial charge in [0.25, 0.3) is 22.2 Å². The van der Waals surface area contributed by atoms with Gasteiger partial charge in [-0.25, -0.2) is 56.9 Å². The Morgan fingerprint density at radius 2 is 0.660 bits per heavy atom. The van der Waals surface area contributed by atoms with E-state index in [1.807, 2.05) is 105 Å². The van der Waals surface area contributed by atoms with Gasteiger partial charge in [-0.05, 0) is 197 Å². The highest BCUT2D eigenvalue weighted by Crippen LogP contribution is 2.45. The molecule has 34 heteroatoms. The van der Waals surface area contributed by atoms with Gasteiger partial charge in [0.15, 0.2) is 11.6 Å². The summed E-state index contributed by atoms with van der Waals surface area (Å²) in [6, 6.07) is 40.5. The molecule has 6 unspecified atom stereocenters. The van der Waals surface area contributed by atoms with Gasteiger partial charge < -0.3 is 19.6 Å². The lowest BCUT2D eigenvalue weighted by Crippen LogP contribution is -2.41. The van der Waals surface area contributed by atoms with Crippen LogP contribution in [0, 0.1) is 104 Å². The molecule has 712 valence electrons. The van der Waals surface area contributed by atoms with E-state index in [0.29, 0.717) is 122 Å². The van der Waals surface area contributed by atoms with Gasteiger partial charge in [0.2, 0.25) is 28.6 Å². The first kappa shape index (κ1) is 92.9. The summed E-state index contributed by atoms with van der Waals surface area (Å²) >= 11 is 6.61. The number of aromatic nitrogens is 16. The number of hydrogen-bond acceptors (Lipinski definition) is 16. The smallest absolute Gasteiger partial charge is 0.296 e. The van der Waals surface area contributed by atoms with Crippen molar-refractivity contribution in [3.05, 3.63) is 303 Å². The predicted molar refractivity (Wildman–Crippen MR) is 536 cm³/mol. The summed E-state index contributed by atoms with van der Waals surface area (Å²) in [7, 11) is 7.32. The van der Waals surface area contributed by atoms with Crippen LogP contribution in [0.5, 0.6) is 0 Å². The Labute approximate surface area is 812 Å². The van der Waals surface area contributed by atoms with Crippen LogP contribution < -0.4 is 41.8 Å². The molecule has 12 heterocycles. The third kappa shape index (κ3) is 18.2. The van der Waals surface area contributed by atoms with Crippen LogP contribution in [0.2, 0.25) is 5.02 Å². The lowest BCUT2D eigenvalue weighted by atomic mass is 9.88. The molecule has 7 fully saturated rings. The van der Waals surface area contributed by atoms with Crippen LogP contribution in [-0.2, 0) is 28.2 Å². The Kier molecular flexibility index (Phi) is 25.4. The molecule has 8 aromatic heterocycles. The number of piperidine rings is 4. The Morgan fingerprint density at radius 1 is 0.340 bits per heavy atom. The quantitative estimate of drug-likeness (QED) is 0.0815. The Balaban J connectivity index is 0.000000115. The maximum absolute atomic E-state index is 15.7. The van der Waals surface area contributed by atoms with E-state index in [9.17, 15) is 36.7 Å². The van der Waals surface area contributed by atoms with Crippen LogP contribution in [-0.4, -0.2) is 130 Å². The highest BCUT2D eigenvalue weighted by Gasteiger charge is 2.39. The number of hydrogen-bond donors (Lipinski definition) is 0. The monoisotopic (exact) mass is 1910 g/mol. The summed E-state index contributed by atoms with van der Waals surface area (Å²) in [5.41, 5.74) is 5.54. The Hall–Kier alpha value is -15.7. The minimum atomic E-state index is -0.917. The van der Waals surface area contributed by atoms with E-state index in [0.717, 1.165) is 133 Å². The van der Waals surface area contributed by atoms with Gasteiger partial charge in [-0.2, -0.15) is 24.8 Å². The Morgan fingerprint density at radius 3 is 1.04 bits per heavy atom. The zero-order valence-corrected chi connectivity index (χ0v) is 79.2. The molecule has 8 aromatic carbocycles. The summed E-state index contributed by atoms with van der Waals surface area (Å²) in [6.45, 7) is 39.0. The van der Waals surface area contributed by atoms with Crippen LogP contribution in [0.1, 0.15) is 102 Å². The molecule has 28 nitrogen and oxygen atoms in total. The van der Waals surface area contributed by atoms with Crippen LogP contribution in [0.3, 0.4) is 0 Å². The van der Waals surface area contributed by atoms with Gasteiger partial charge in [-0.3, -0.25) is 56.2 Å². The second-order valence-corrected chi connectivity index (χ2v) is 38.5. The first-order chi connectivity index (χ1) is 68.2. The van der Waals surface area contributed by atoms with Gasteiger partial charge in [0.05, 0.1) is 76.7 Å². The summed E-state index contributed by atoms with van der Waals surface area (Å²) < 4.78 is 86.8. The fraction of sp³-hybridized carbons (Fsp3) is 0.327. The first-order valence-electron chi connectivity index (χ1n) is 47.6. The van der Waals surface area contributed by atoms with Crippen LogP contribution in [0.25, 0.3) is 131 Å². The predicted octanol–water partition coefficient (Wildman–Crippen LogP) is 21.1. The van der Waals surface area contributed by atoms with Crippen LogP contribution >= 0.6 is 11.6 Å². The molecule has 7 aliphatic rings. The largest absolute Gasteiger partial charge is 0.356 e. The van der Waals surface area contributed by atoms with Gasteiger partial charge in [-0.15, -0.1) is 0 Å². The van der Waals surface area contributed by atoms with Crippen molar-refractivity contribution in [2.24, 2.45) is 69.6 Å². The van der Waals surface area contributed by atoms with E-state index >= 15 is 4.39 Å². The summed E-state index contributed by atoms with van der Waals surface area (Å²) in [5, 5.41) is 21.0. The molecule has 0 amide bonds. The average Bonchev–Trinajstić information content (AvgIpc) is 1.60. The third-order valence-electron chi connectivity index (χ3n) is 29.1. The minimum absolute atomic E-state index is 0.00807. The number of halogens is 6. The lowest BCUT2D eigenvalue weighted by molar-refractivity contribution is 0.320. The highest BCUT2D eigenvalue weighted by molar-refractivity contribution is 6.32. The lowest BCUT2D eigenvalue weighted by Gasteiger charge is -2.36. The van der Waals surface area contributed by atoms with Crippen molar-refractivity contribution in [3.63, 3.8) is 0 Å². The highest BCUT2D eigenvalue weighted by atomic mass is 35.5. The molecule has 0 N–H and O–H groups in total. The molecule has 0 bridgehead atoms. The standard InChI is InChI=1S/C28H27FN6O.C27H24F2N6O.C27H25FN6O.C25H22ClFN6O/c1-17-26(34-12-11-18-5-4-6-20(18)16-34)31-27(19-7-9-25(30-2)23(29)14-19)35(28(17)36)22-8-10-24-21(13-22)15-33(3)32-24;1-30-23-8-6-17(13-21(23)28)25-31-26(34-11-10-16-4-3-5-18(16)15-34)24(29)27(36)35(25)20-7-9-22-19(12-20)14-33(2)32-22;1-29-24-8-6-18(13-22(24)28)27-30-25(33-11-10-17-4-3-5-19(17)16-33)14-26(35)34(27)21-7-9-23-20(12-21)15-32(2)31-23;1-15-8-10-32(11-9-15)24-22(26)25(34)33(18-5-7-20-17(12-18)14-31(3)30-20)23(29-24)16-4-6-21(28-2)19(27)13-16/h7-10,13-15,18,20H,4-6,11-12,16H2,1,3H3;6-9,12-14,16,18H,3-5,10-11,15H2,2H3;6-9,12-15,17,19H,3-5,10-11,16H2,2H3;4-7,12-15H,8-11H2,1,3H3. The van der Waals surface area contributed by atoms with Crippen molar-refractivity contribution in [1.82, 2.24) is 77.3 Å². The minimum Gasteiger partial charge on any atom is -0.356 e. The van der Waals surface area contributed by atoms with Gasteiger partial charge in [0.1, 0.15) is 63.2 Å². The number of nitrogens with zero attached hydrogens (tertiary/aromatic N) is 24. The molecule has 0 radical (unpaired) electrons. The van der Waals surface area contributed by atoms with E-state index in [1.165, 1.54) is 114 Å². The fourth-order valence-electron chi connectivity index (χ4n) is 21.8. The van der Waals surface area contributed by atoms with Gasteiger partial charge in [-0.1, -0.05) is 106 Å². The van der Waals surface area contributed by atoms with E-state index in [2.05, 4.69) is 61.5 Å². The topological polar surface area (TPSA) is 241 Å². The SMILES string of the molecule is [C-]#[N+]c1ccc(-c2nc(N3CCC(C)CC3)c(Cl)c(=O)n2-c2ccc3nn(C)cc3c2)cc1F.[C-]#[N+]c1ccc(-c2nc(N3CCC4CCCC4C3)c(C)c(=O)n2-c2ccc3nn(C)cc3c2)cc1F.[C-]#[N+]c1ccc(-c2nc(N3CCC4CCCC4C3)c(F)c(=O)n2-c2ccc3nn(C)cc3c2)cc1F.[C-]#[N+]c1ccc(-c2nc(N3CCC4CCCC4C3)cc(=O)n2-c2ccc3nn(C)cc3c2)cc1F. The van der Waals surface area contributed by atoms with E-state index < -0.39 is 40.2 Å². The number of rotatable bonds is 12. The molecule has 3 aliphatic carbocycles. The molecular weight excluding hydrogens is 1820 g/mol. The maximum atomic E-state index is 15.7. The maximum Gasteiger partial charge on any atom is 0.296 e. The fourth-order valence-corrected chi connectivity index (χ4v) is 22.1. The zero-order chi connectivity index (χ0) is 98.0. The second kappa shape index (κ2) is 38.6. The molecule has 4 aliphatic heterocycles. The average molecular weight is 1910 g/mol. The van der Waals surface area contributed by atoms with Gasteiger partial charge in [0, 0.05) is 155 Å². The zero-order valence-electron chi connectivity index (χ0n) is 78.5. The van der Waals surface area contributed by atoms with E-state index in [1.54, 1.807) is 91.1 Å². The molecule has 6 atom stereocenters. The van der Waals surface area contributed by atoms with Crippen molar-refractivity contribution in [3.8, 4) is 68.3 Å². The number of anilines is 4. The first-order valence-corrected chi connectivity index (χ1v) is 48.0. The van der Waals surface area contributed by atoms with E-state index in [-0.39, 0.29) is 56.4 Å². The summed E-state index contributed by atoms with van der Waals surface area (Å²) in [6.07, 6.45) is 23.6. The molecule has 16 aromatic rings. The molecule has 141 heavy (non-hydrogen) atoms. The third-order valence-corrected chi connectivity index (χ3v) is 29.4. The summed E-state index contributed by atoms with van der Waals surface area (Å²) in [5.74, 6) is 3.80. The molecule has 4 saturated heterocycles. The Bertz CT molecular complexity index is 7900. The molecule has 0 spiro atoms.